The minimum Gasteiger partial charge on any atom is -0.484 e. The van der Waals surface area contributed by atoms with Crippen molar-refractivity contribution in [1.82, 2.24) is 0 Å². The number of halogens is 3. The van der Waals surface area contributed by atoms with Crippen LogP contribution in [0, 0.1) is 25.5 Å². The molecule has 0 saturated heterocycles. The second kappa shape index (κ2) is 6.75. The predicted octanol–water partition coefficient (Wildman–Crippen LogP) is 4.25. The van der Waals surface area contributed by atoms with Crippen molar-refractivity contribution >= 4 is 23.2 Å². The number of amides is 1. The Bertz CT molecular complexity index is 696. The molecule has 6 heteroatoms. The van der Waals surface area contributed by atoms with E-state index in [-0.39, 0.29) is 12.3 Å². The maximum Gasteiger partial charge on any atom is 0.262 e. The summed E-state index contributed by atoms with van der Waals surface area (Å²) in [6.45, 7) is 3.36. The van der Waals surface area contributed by atoms with Crippen LogP contribution in [0.15, 0.2) is 30.3 Å². The van der Waals surface area contributed by atoms with Gasteiger partial charge in [-0.1, -0.05) is 11.6 Å². The van der Waals surface area contributed by atoms with E-state index < -0.39 is 17.5 Å². The second-order valence-electron chi connectivity index (χ2n) is 4.83. The lowest BCUT2D eigenvalue weighted by Crippen LogP contribution is -2.20. The van der Waals surface area contributed by atoms with Gasteiger partial charge in [-0.25, -0.2) is 8.78 Å². The molecule has 0 atom stereocenters. The van der Waals surface area contributed by atoms with Gasteiger partial charge < -0.3 is 10.1 Å². The van der Waals surface area contributed by atoms with Gasteiger partial charge in [-0.3, -0.25) is 4.79 Å². The molecule has 0 heterocycles. The van der Waals surface area contributed by atoms with Crippen LogP contribution >= 0.6 is 11.6 Å². The van der Waals surface area contributed by atoms with Crippen LogP contribution in [0.25, 0.3) is 0 Å². The smallest absolute Gasteiger partial charge is 0.262 e. The van der Waals surface area contributed by atoms with Gasteiger partial charge in [0.05, 0.1) is 5.69 Å². The predicted molar refractivity (Wildman–Crippen MR) is 81.4 cm³/mol. The first-order valence-electron chi connectivity index (χ1n) is 6.51. The third kappa shape index (κ3) is 3.95. The Morgan fingerprint density at radius 2 is 1.82 bits per heavy atom. The minimum atomic E-state index is -0.841. The van der Waals surface area contributed by atoms with Crippen LogP contribution in [0.4, 0.5) is 14.5 Å². The second-order valence-corrected chi connectivity index (χ2v) is 5.21. The number of nitrogens with one attached hydrogen (secondary N) is 1. The highest BCUT2D eigenvalue weighted by molar-refractivity contribution is 6.32. The lowest BCUT2D eigenvalue weighted by Gasteiger charge is -2.10. The normalized spacial score (nSPS) is 10.4. The highest BCUT2D eigenvalue weighted by atomic mass is 35.5. The molecule has 0 aliphatic rings. The van der Waals surface area contributed by atoms with E-state index in [2.05, 4.69) is 5.32 Å². The first-order chi connectivity index (χ1) is 10.4. The molecule has 0 saturated carbocycles. The summed E-state index contributed by atoms with van der Waals surface area (Å²) in [5, 5.41) is 2.96. The van der Waals surface area contributed by atoms with Gasteiger partial charge in [0.2, 0.25) is 0 Å². The summed E-state index contributed by atoms with van der Waals surface area (Å²) in [7, 11) is 0. The number of rotatable bonds is 4. The van der Waals surface area contributed by atoms with E-state index in [1.54, 1.807) is 12.1 Å². The summed E-state index contributed by atoms with van der Waals surface area (Å²) in [5.74, 6) is -1.60. The van der Waals surface area contributed by atoms with E-state index in [4.69, 9.17) is 16.3 Å². The number of carbonyl (C=O) groups excluding carboxylic acids is 1. The van der Waals surface area contributed by atoms with E-state index in [9.17, 15) is 13.6 Å². The maximum atomic E-state index is 13.4. The molecule has 1 amide bonds. The molecule has 0 radical (unpaired) electrons. The number of hydrogen-bond donors (Lipinski definition) is 1. The van der Waals surface area contributed by atoms with Gasteiger partial charge in [-0.15, -0.1) is 0 Å². The highest BCUT2D eigenvalue weighted by Crippen LogP contribution is 2.25. The van der Waals surface area contributed by atoms with E-state index in [0.717, 1.165) is 23.3 Å². The average Bonchev–Trinajstić information content (AvgIpc) is 2.45. The highest BCUT2D eigenvalue weighted by Gasteiger charge is 2.10. The molecule has 2 rings (SSSR count). The number of aryl methyl sites for hydroxylation is 2. The van der Waals surface area contributed by atoms with Gasteiger partial charge in [0.15, 0.2) is 6.61 Å². The minimum absolute atomic E-state index is 0.0986. The zero-order valence-corrected chi connectivity index (χ0v) is 12.8. The number of ether oxygens (including phenoxy) is 1. The van der Waals surface area contributed by atoms with Gasteiger partial charge >= 0.3 is 0 Å². The van der Waals surface area contributed by atoms with Gasteiger partial charge in [0, 0.05) is 11.1 Å². The SMILES string of the molecule is Cc1cc(OCC(=O)Nc2ccc(F)cc2F)cc(C)c1Cl. The van der Waals surface area contributed by atoms with Crippen molar-refractivity contribution < 1.29 is 18.3 Å². The van der Waals surface area contributed by atoms with E-state index >= 15 is 0 Å². The third-order valence-corrected chi connectivity index (χ3v) is 3.58. The van der Waals surface area contributed by atoms with Gasteiger partial charge in [0.1, 0.15) is 17.4 Å². The molecule has 0 aliphatic heterocycles. The average molecular weight is 326 g/mol. The van der Waals surface area contributed by atoms with Crippen LogP contribution in [-0.2, 0) is 4.79 Å². The number of anilines is 1. The topological polar surface area (TPSA) is 38.3 Å². The molecular formula is C16H14ClF2NO2. The van der Waals surface area contributed by atoms with Crippen molar-refractivity contribution in [2.24, 2.45) is 0 Å². The van der Waals surface area contributed by atoms with E-state index in [1.807, 2.05) is 13.8 Å². The van der Waals surface area contributed by atoms with Crippen molar-refractivity contribution in [3.05, 3.63) is 58.1 Å². The molecule has 0 unspecified atom stereocenters. The zero-order valence-electron chi connectivity index (χ0n) is 12.0. The Balaban J connectivity index is 1.98. The number of carbonyl (C=O) groups is 1. The van der Waals surface area contributed by atoms with Crippen LogP contribution in [0.1, 0.15) is 11.1 Å². The third-order valence-electron chi connectivity index (χ3n) is 2.99. The Labute approximate surface area is 131 Å². The monoisotopic (exact) mass is 325 g/mol. The Kier molecular flexibility index (Phi) is 4.98. The summed E-state index contributed by atoms with van der Waals surface area (Å²) < 4.78 is 31.5. The number of benzene rings is 2. The van der Waals surface area contributed by atoms with Crippen molar-refractivity contribution in [3.8, 4) is 5.75 Å². The van der Waals surface area contributed by atoms with Crippen molar-refractivity contribution in [1.29, 1.82) is 0 Å². The summed E-state index contributed by atoms with van der Waals surface area (Å²) in [6.07, 6.45) is 0. The maximum absolute atomic E-state index is 13.4. The van der Waals surface area contributed by atoms with Crippen LogP contribution < -0.4 is 10.1 Å². The molecule has 2 aromatic carbocycles. The molecule has 0 bridgehead atoms. The quantitative estimate of drug-likeness (QED) is 0.912. The van der Waals surface area contributed by atoms with Crippen LogP contribution in [0.3, 0.4) is 0 Å². The van der Waals surface area contributed by atoms with Crippen LogP contribution in [-0.4, -0.2) is 12.5 Å². The van der Waals surface area contributed by atoms with Crippen LogP contribution in [0.2, 0.25) is 5.02 Å². The van der Waals surface area contributed by atoms with Crippen molar-refractivity contribution in [3.63, 3.8) is 0 Å². The largest absolute Gasteiger partial charge is 0.484 e. The fourth-order valence-corrected chi connectivity index (χ4v) is 2.02. The Morgan fingerprint density at radius 1 is 1.18 bits per heavy atom. The van der Waals surface area contributed by atoms with Crippen molar-refractivity contribution in [2.45, 2.75) is 13.8 Å². The lowest BCUT2D eigenvalue weighted by atomic mass is 10.1. The van der Waals surface area contributed by atoms with Gasteiger partial charge in [-0.2, -0.15) is 0 Å². The molecule has 0 aliphatic carbocycles. The standard InChI is InChI=1S/C16H14ClF2NO2/c1-9-5-12(6-10(2)16(9)17)22-8-15(21)20-14-4-3-11(18)7-13(14)19/h3-7H,8H2,1-2H3,(H,20,21). The summed E-state index contributed by atoms with van der Waals surface area (Å²) >= 11 is 6.04. The molecule has 2 aromatic rings. The summed E-state index contributed by atoms with van der Waals surface area (Å²) in [4.78, 5) is 11.7. The van der Waals surface area contributed by atoms with E-state index in [0.29, 0.717) is 16.8 Å². The first-order valence-corrected chi connectivity index (χ1v) is 6.89. The summed E-state index contributed by atoms with van der Waals surface area (Å²) in [6, 6.07) is 6.33. The molecular weight excluding hydrogens is 312 g/mol. The molecule has 0 spiro atoms. The summed E-state index contributed by atoms with van der Waals surface area (Å²) in [5.41, 5.74) is 1.57. The van der Waals surface area contributed by atoms with Crippen molar-refractivity contribution in [2.75, 3.05) is 11.9 Å². The lowest BCUT2D eigenvalue weighted by molar-refractivity contribution is -0.118. The fraction of sp³-hybridized carbons (Fsp3) is 0.188. The molecule has 3 nitrogen and oxygen atoms in total. The molecule has 22 heavy (non-hydrogen) atoms. The van der Waals surface area contributed by atoms with Crippen LogP contribution in [0.5, 0.6) is 5.75 Å². The zero-order chi connectivity index (χ0) is 16.3. The molecule has 0 fully saturated rings. The first kappa shape index (κ1) is 16.2. The van der Waals surface area contributed by atoms with Gasteiger partial charge in [-0.05, 0) is 49.2 Å². The molecule has 1 N–H and O–H groups in total. The van der Waals surface area contributed by atoms with Gasteiger partial charge in [0.25, 0.3) is 5.91 Å². The Morgan fingerprint density at radius 3 is 2.41 bits per heavy atom. The fourth-order valence-electron chi connectivity index (χ4n) is 1.92. The molecule has 0 aromatic heterocycles. The molecule has 116 valence electrons. The van der Waals surface area contributed by atoms with E-state index in [1.165, 1.54) is 0 Å². The Hall–Kier alpha value is -2.14. The number of hydrogen-bond acceptors (Lipinski definition) is 2.